The van der Waals surface area contributed by atoms with E-state index >= 15 is 0 Å². The van der Waals surface area contributed by atoms with Crippen LogP contribution in [-0.2, 0) is 20.8 Å². The topological polar surface area (TPSA) is 127 Å². The number of nitrogens with two attached hydrogens (primary N) is 1. The number of ketones is 1. The summed E-state index contributed by atoms with van der Waals surface area (Å²) < 4.78 is 5.22. The van der Waals surface area contributed by atoms with Gasteiger partial charge in [0.25, 0.3) is 0 Å². The number of nitrogens with one attached hydrogen (secondary N) is 2. The highest BCUT2D eigenvalue weighted by Gasteiger charge is 2.19. The summed E-state index contributed by atoms with van der Waals surface area (Å²) in [7, 11) is 0. The van der Waals surface area contributed by atoms with Crippen LogP contribution in [0.5, 0.6) is 5.75 Å². The van der Waals surface area contributed by atoms with Gasteiger partial charge in [0.05, 0.1) is 0 Å². The quantitative estimate of drug-likeness (QED) is 0.470. The van der Waals surface area contributed by atoms with Crippen molar-refractivity contribution in [1.29, 1.82) is 5.53 Å². The smallest absolute Gasteiger partial charge is 0.349 e. The minimum absolute atomic E-state index is 0.0146. The third-order valence-electron chi connectivity index (χ3n) is 2.43. The molecular formula is C12H16N4O4. The van der Waals surface area contributed by atoms with Gasteiger partial charge < -0.3 is 9.57 Å². The molecule has 0 heterocycles. The Kier molecular flexibility index (Phi) is 6.11. The lowest BCUT2D eigenvalue weighted by atomic mass is 10.1. The summed E-state index contributed by atoms with van der Waals surface area (Å²) in [6.07, 6.45) is 0.255. The van der Waals surface area contributed by atoms with Gasteiger partial charge in [-0.25, -0.2) is 4.79 Å². The van der Waals surface area contributed by atoms with Crippen molar-refractivity contribution in [1.82, 2.24) is 5.43 Å². The van der Waals surface area contributed by atoms with Gasteiger partial charge >= 0.3 is 5.97 Å². The third kappa shape index (κ3) is 5.02. The van der Waals surface area contributed by atoms with Crippen molar-refractivity contribution in [3.8, 4) is 5.75 Å². The summed E-state index contributed by atoms with van der Waals surface area (Å²) in [5.74, 6) is 4.58. The van der Waals surface area contributed by atoms with Crippen molar-refractivity contribution >= 4 is 11.8 Å². The largest absolute Gasteiger partial charge is 0.486 e. The second-order valence-corrected chi connectivity index (χ2v) is 4.07. The molecule has 8 nitrogen and oxygen atoms in total. The standard InChI is InChI=1S/C12H16N4O4/c1-8(17)7-19-10-4-2-9(3-5-10)6-11(15-16-13)12(18)20-14/h2-5,11H,6-7,14H2,1H3,(H2,13,15)/t11-/m0/s1. The maximum absolute atomic E-state index is 11.3. The Bertz CT molecular complexity index is 475. The number of nitrogens with zero attached hydrogens (tertiary/aromatic N) is 1. The number of ether oxygens (including phenoxy) is 1. The van der Waals surface area contributed by atoms with E-state index in [2.05, 4.69) is 15.5 Å². The zero-order valence-electron chi connectivity index (χ0n) is 11.0. The fraction of sp³-hybridized carbons (Fsp3) is 0.333. The zero-order chi connectivity index (χ0) is 15.0. The van der Waals surface area contributed by atoms with E-state index in [1.165, 1.54) is 6.92 Å². The van der Waals surface area contributed by atoms with Crippen molar-refractivity contribution in [3.63, 3.8) is 0 Å². The summed E-state index contributed by atoms with van der Waals surface area (Å²) in [5.41, 5.74) is 9.81. The Morgan fingerprint density at radius 1 is 1.40 bits per heavy atom. The van der Waals surface area contributed by atoms with Crippen LogP contribution in [-0.4, -0.2) is 24.4 Å². The van der Waals surface area contributed by atoms with Crippen LogP contribution in [0.1, 0.15) is 12.5 Å². The zero-order valence-corrected chi connectivity index (χ0v) is 11.0. The summed E-state index contributed by atoms with van der Waals surface area (Å²) in [4.78, 5) is 26.2. The average Bonchev–Trinajstić information content (AvgIpc) is 2.45. The van der Waals surface area contributed by atoms with Crippen molar-refractivity contribution in [2.75, 3.05) is 6.61 Å². The molecule has 0 aromatic heterocycles. The second kappa shape index (κ2) is 7.85. The molecule has 1 atom stereocenters. The van der Waals surface area contributed by atoms with Crippen LogP contribution >= 0.6 is 0 Å². The highest BCUT2D eigenvalue weighted by atomic mass is 16.7. The maximum atomic E-state index is 11.3. The van der Waals surface area contributed by atoms with Crippen LogP contribution in [0, 0.1) is 5.53 Å². The molecule has 0 spiro atoms. The van der Waals surface area contributed by atoms with Crippen LogP contribution < -0.4 is 16.1 Å². The molecule has 4 N–H and O–H groups in total. The highest BCUT2D eigenvalue weighted by molar-refractivity contribution is 5.77. The van der Waals surface area contributed by atoms with E-state index in [-0.39, 0.29) is 18.8 Å². The van der Waals surface area contributed by atoms with Gasteiger partial charge in [0.2, 0.25) is 0 Å². The van der Waals surface area contributed by atoms with Crippen molar-refractivity contribution < 1.29 is 19.2 Å². The lowest BCUT2D eigenvalue weighted by molar-refractivity contribution is -0.146. The molecule has 0 radical (unpaired) electrons. The van der Waals surface area contributed by atoms with Gasteiger partial charge in [0.15, 0.2) is 5.78 Å². The molecule has 20 heavy (non-hydrogen) atoms. The third-order valence-corrected chi connectivity index (χ3v) is 2.43. The predicted octanol–water partition coefficient (Wildman–Crippen LogP) is 0.518. The van der Waals surface area contributed by atoms with Crippen LogP contribution in [0.3, 0.4) is 0 Å². The number of carbonyl (C=O) groups is 2. The molecule has 1 rings (SSSR count). The van der Waals surface area contributed by atoms with E-state index in [1.807, 2.05) is 0 Å². The molecule has 0 amide bonds. The van der Waals surface area contributed by atoms with Crippen LogP contribution in [0.25, 0.3) is 0 Å². The molecule has 0 unspecified atom stereocenters. The van der Waals surface area contributed by atoms with E-state index in [0.717, 1.165) is 5.56 Å². The molecule has 0 saturated heterocycles. The Hall–Kier alpha value is -2.48. The second-order valence-electron chi connectivity index (χ2n) is 4.07. The number of Topliss-reactive ketones (excluding diaryl/α,β-unsaturated/α-hetero) is 1. The first-order valence-electron chi connectivity index (χ1n) is 5.80. The Morgan fingerprint density at radius 2 is 2.05 bits per heavy atom. The lowest BCUT2D eigenvalue weighted by Crippen LogP contribution is -2.37. The molecule has 108 valence electrons. The number of benzene rings is 1. The molecule has 8 heteroatoms. The van der Waals surface area contributed by atoms with E-state index in [4.69, 9.17) is 16.2 Å². The van der Waals surface area contributed by atoms with Gasteiger partial charge in [0.1, 0.15) is 18.4 Å². The fourth-order valence-corrected chi connectivity index (χ4v) is 1.48. The number of carbonyl (C=O) groups excluding carboxylic acids is 2. The fourth-order valence-electron chi connectivity index (χ4n) is 1.48. The van der Waals surface area contributed by atoms with Gasteiger partial charge in [-0.1, -0.05) is 17.4 Å². The lowest BCUT2D eigenvalue weighted by Gasteiger charge is -2.13. The van der Waals surface area contributed by atoms with Gasteiger partial charge in [0, 0.05) is 6.42 Å². The normalized spacial score (nSPS) is 11.3. The summed E-state index contributed by atoms with van der Waals surface area (Å²) >= 11 is 0. The van der Waals surface area contributed by atoms with Crippen molar-refractivity contribution in [2.24, 2.45) is 11.1 Å². The van der Waals surface area contributed by atoms with Gasteiger partial charge in [-0.3, -0.25) is 10.2 Å². The molecule has 0 aliphatic rings. The first-order valence-corrected chi connectivity index (χ1v) is 5.80. The van der Waals surface area contributed by atoms with Crippen LogP contribution in [0.15, 0.2) is 29.5 Å². The van der Waals surface area contributed by atoms with Crippen LogP contribution in [0.2, 0.25) is 0 Å². The van der Waals surface area contributed by atoms with Crippen molar-refractivity contribution in [2.45, 2.75) is 19.4 Å². The molecule has 1 aromatic carbocycles. The van der Waals surface area contributed by atoms with E-state index < -0.39 is 12.0 Å². The van der Waals surface area contributed by atoms with E-state index in [9.17, 15) is 9.59 Å². The Morgan fingerprint density at radius 3 is 2.55 bits per heavy atom. The van der Waals surface area contributed by atoms with Gasteiger partial charge in [-0.05, 0) is 24.6 Å². The number of rotatable bonds is 8. The first kappa shape index (κ1) is 15.6. The SMILES string of the molecule is CC(=O)COc1ccc(C[C@H](NN=N)C(=O)ON)cc1. The average molecular weight is 280 g/mol. The Balaban J connectivity index is 2.64. The molecule has 0 aliphatic heterocycles. The molecule has 1 aromatic rings. The summed E-state index contributed by atoms with van der Waals surface area (Å²) in [5, 5.41) is 2.95. The molecular weight excluding hydrogens is 264 g/mol. The monoisotopic (exact) mass is 280 g/mol. The van der Waals surface area contributed by atoms with Crippen LogP contribution in [0.4, 0.5) is 0 Å². The number of hydrogen-bond donors (Lipinski definition) is 3. The van der Waals surface area contributed by atoms with E-state index in [0.29, 0.717) is 5.75 Å². The molecule has 0 saturated carbocycles. The van der Waals surface area contributed by atoms with Crippen molar-refractivity contribution in [3.05, 3.63) is 29.8 Å². The predicted molar refractivity (Wildman–Crippen MR) is 68.7 cm³/mol. The Labute approximate surface area is 115 Å². The molecule has 0 fully saturated rings. The van der Waals surface area contributed by atoms with E-state index in [1.54, 1.807) is 24.3 Å². The minimum Gasteiger partial charge on any atom is -0.486 e. The van der Waals surface area contributed by atoms with Gasteiger partial charge in [-0.15, -0.1) is 0 Å². The highest BCUT2D eigenvalue weighted by Crippen LogP contribution is 2.13. The number of hydrogen-bond acceptors (Lipinski definition) is 7. The molecule has 0 bridgehead atoms. The first-order chi connectivity index (χ1) is 9.56. The summed E-state index contributed by atoms with van der Waals surface area (Å²) in [6, 6.07) is 6.00. The molecule has 0 aliphatic carbocycles. The van der Waals surface area contributed by atoms with Gasteiger partial charge in [-0.2, -0.15) is 11.4 Å². The minimum atomic E-state index is -0.832. The maximum Gasteiger partial charge on any atom is 0.349 e. The summed E-state index contributed by atoms with van der Waals surface area (Å²) in [6.45, 7) is 1.45.